The third-order valence-electron chi connectivity index (χ3n) is 4.58. The van der Waals surface area contributed by atoms with E-state index in [9.17, 15) is 14.7 Å². The molecule has 0 fully saturated rings. The summed E-state index contributed by atoms with van der Waals surface area (Å²) >= 11 is 0. The molecule has 0 radical (unpaired) electrons. The van der Waals surface area contributed by atoms with Crippen LogP contribution in [0.1, 0.15) is 24.3 Å². The molecule has 0 bridgehead atoms. The van der Waals surface area contributed by atoms with Crippen molar-refractivity contribution in [3.8, 4) is 22.6 Å². The smallest absolute Gasteiger partial charge is 0.310 e. The summed E-state index contributed by atoms with van der Waals surface area (Å²) in [5, 5.41) is 22.8. The summed E-state index contributed by atoms with van der Waals surface area (Å²) in [7, 11) is 1.59. The molecule has 1 aromatic carbocycles. The second-order valence-electron chi connectivity index (χ2n) is 7.25. The molecule has 0 atom stereocenters. The van der Waals surface area contributed by atoms with E-state index in [0.717, 1.165) is 16.5 Å². The molecule has 29 heavy (non-hydrogen) atoms. The zero-order chi connectivity index (χ0) is 21.2. The predicted octanol–water partition coefficient (Wildman–Crippen LogP) is 2.85. The van der Waals surface area contributed by atoms with E-state index in [1.807, 2.05) is 24.3 Å². The van der Waals surface area contributed by atoms with Gasteiger partial charge in [0.2, 0.25) is 0 Å². The van der Waals surface area contributed by atoms with Crippen molar-refractivity contribution in [2.45, 2.75) is 13.8 Å². The second-order valence-corrected chi connectivity index (χ2v) is 7.25. The minimum Gasteiger partial charge on any atom is -0.505 e. The number of ether oxygens (including phenoxy) is 1. The highest BCUT2D eigenvalue weighted by atomic mass is 16.5. The summed E-state index contributed by atoms with van der Waals surface area (Å²) in [5.41, 5.74) is 0.778. The molecule has 0 unspecified atom stereocenters. The summed E-state index contributed by atoms with van der Waals surface area (Å²) in [6.07, 6.45) is 3.11. The number of rotatable bonds is 6. The maximum Gasteiger partial charge on any atom is 0.310 e. The highest BCUT2D eigenvalue weighted by Gasteiger charge is 2.28. The Kier molecular flexibility index (Phi) is 5.36. The van der Waals surface area contributed by atoms with Gasteiger partial charge in [0.15, 0.2) is 5.69 Å². The van der Waals surface area contributed by atoms with E-state index in [1.165, 1.54) is 26.1 Å². The Balaban J connectivity index is 1.83. The fraction of sp³-hybridized carbons (Fsp3) is 0.238. The number of pyridine rings is 2. The summed E-state index contributed by atoms with van der Waals surface area (Å²) < 4.78 is 5.19. The van der Waals surface area contributed by atoms with Crippen molar-refractivity contribution in [3.05, 3.63) is 48.4 Å². The molecule has 8 nitrogen and oxygen atoms in total. The van der Waals surface area contributed by atoms with Crippen LogP contribution in [0.4, 0.5) is 0 Å². The number of aromatic nitrogens is 2. The molecule has 0 saturated heterocycles. The topological polar surface area (TPSA) is 122 Å². The SMILES string of the molecule is COc1ccc2cc(-c3cnc(C(=O)NCC(C)(C)C(=O)O)c(O)c3)cnc2c1. The maximum atomic E-state index is 12.3. The third kappa shape index (κ3) is 4.26. The monoisotopic (exact) mass is 395 g/mol. The van der Waals surface area contributed by atoms with Crippen molar-refractivity contribution >= 4 is 22.8 Å². The van der Waals surface area contributed by atoms with Crippen molar-refractivity contribution in [1.82, 2.24) is 15.3 Å². The average molecular weight is 395 g/mol. The second kappa shape index (κ2) is 7.75. The Morgan fingerprint density at radius 2 is 1.79 bits per heavy atom. The van der Waals surface area contributed by atoms with E-state index >= 15 is 0 Å². The summed E-state index contributed by atoms with van der Waals surface area (Å²) in [6, 6.07) is 8.85. The van der Waals surface area contributed by atoms with Crippen LogP contribution in [0.3, 0.4) is 0 Å². The zero-order valence-corrected chi connectivity index (χ0v) is 16.3. The van der Waals surface area contributed by atoms with Crippen LogP contribution in [0, 0.1) is 5.41 Å². The first-order valence-corrected chi connectivity index (χ1v) is 8.86. The number of aromatic hydroxyl groups is 1. The summed E-state index contributed by atoms with van der Waals surface area (Å²) in [6.45, 7) is 2.89. The predicted molar refractivity (Wildman–Crippen MR) is 107 cm³/mol. The van der Waals surface area contributed by atoms with Crippen molar-refractivity contribution in [3.63, 3.8) is 0 Å². The largest absolute Gasteiger partial charge is 0.505 e. The standard InChI is InChI=1S/C21H21N3O5/c1-21(2,20(27)28)11-24-19(26)18-17(25)7-14(10-23-18)13-6-12-4-5-15(29-3)8-16(12)22-9-13/h4-10,25H,11H2,1-3H3,(H,24,26)(H,27,28). The first-order valence-electron chi connectivity index (χ1n) is 8.86. The van der Waals surface area contributed by atoms with E-state index in [4.69, 9.17) is 9.84 Å². The van der Waals surface area contributed by atoms with Crippen LogP contribution in [-0.2, 0) is 4.79 Å². The van der Waals surface area contributed by atoms with Gasteiger partial charge < -0.3 is 20.3 Å². The van der Waals surface area contributed by atoms with Crippen molar-refractivity contribution in [1.29, 1.82) is 0 Å². The van der Waals surface area contributed by atoms with Gasteiger partial charge in [0.1, 0.15) is 11.5 Å². The van der Waals surface area contributed by atoms with Gasteiger partial charge in [-0.25, -0.2) is 4.98 Å². The van der Waals surface area contributed by atoms with Crippen LogP contribution in [0.25, 0.3) is 22.0 Å². The zero-order valence-electron chi connectivity index (χ0n) is 16.3. The van der Waals surface area contributed by atoms with Crippen molar-refractivity contribution in [2.24, 2.45) is 5.41 Å². The molecule has 0 aliphatic rings. The van der Waals surface area contributed by atoms with Crippen LogP contribution in [0.5, 0.6) is 11.5 Å². The van der Waals surface area contributed by atoms with Crippen LogP contribution >= 0.6 is 0 Å². The summed E-state index contributed by atoms with van der Waals surface area (Å²) in [4.78, 5) is 31.9. The highest BCUT2D eigenvalue weighted by molar-refractivity contribution is 5.95. The van der Waals surface area contributed by atoms with E-state index in [-0.39, 0.29) is 18.0 Å². The fourth-order valence-corrected chi connectivity index (χ4v) is 2.63. The lowest BCUT2D eigenvalue weighted by Crippen LogP contribution is -2.39. The molecule has 1 amide bonds. The first-order chi connectivity index (χ1) is 13.7. The maximum absolute atomic E-state index is 12.3. The highest BCUT2D eigenvalue weighted by Crippen LogP contribution is 2.28. The van der Waals surface area contributed by atoms with Crippen molar-refractivity contribution < 1.29 is 24.5 Å². The van der Waals surface area contributed by atoms with Gasteiger partial charge in [0.25, 0.3) is 5.91 Å². The van der Waals surface area contributed by atoms with E-state index in [2.05, 4.69) is 15.3 Å². The molecule has 2 aromatic heterocycles. The minimum atomic E-state index is -1.13. The molecule has 3 N–H and O–H groups in total. The number of hydrogen-bond acceptors (Lipinski definition) is 6. The molecule has 8 heteroatoms. The van der Waals surface area contributed by atoms with Crippen LogP contribution < -0.4 is 10.1 Å². The summed E-state index contributed by atoms with van der Waals surface area (Å²) in [5.74, 6) is -1.28. The Labute approximate surface area is 167 Å². The molecule has 150 valence electrons. The van der Waals surface area contributed by atoms with E-state index in [1.54, 1.807) is 13.3 Å². The van der Waals surface area contributed by atoms with E-state index < -0.39 is 17.3 Å². The van der Waals surface area contributed by atoms with Crippen molar-refractivity contribution in [2.75, 3.05) is 13.7 Å². The Bertz CT molecular complexity index is 1090. The lowest BCUT2D eigenvalue weighted by molar-refractivity contribution is -0.146. The number of hydrogen-bond donors (Lipinski definition) is 3. The molecule has 0 saturated carbocycles. The van der Waals surface area contributed by atoms with Gasteiger partial charge in [-0.1, -0.05) is 0 Å². The number of carboxylic acid groups (broad SMARTS) is 1. The molecular weight excluding hydrogens is 374 g/mol. The Morgan fingerprint density at radius 1 is 1.10 bits per heavy atom. The number of nitrogens with zero attached hydrogens (tertiary/aromatic N) is 2. The van der Waals surface area contributed by atoms with Gasteiger partial charge in [-0.15, -0.1) is 0 Å². The minimum absolute atomic E-state index is 0.0951. The van der Waals surface area contributed by atoms with Gasteiger partial charge in [-0.3, -0.25) is 14.6 Å². The molecule has 3 rings (SSSR count). The van der Waals surface area contributed by atoms with Gasteiger partial charge in [0.05, 0.1) is 18.0 Å². The van der Waals surface area contributed by atoms with E-state index in [0.29, 0.717) is 11.3 Å². The lowest BCUT2D eigenvalue weighted by Gasteiger charge is -2.19. The number of carboxylic acids is 1. The van der Waals surface area contributed by atoms with Crippen LogP contribution in [0.15, 0.2) is 42.7 Å². The number of nitrogens with one attached hydrogen (secondary N) is 1. The molecule has 3 aromatic rings. The fourth-order valence-electron chi connectivity index (χ4n) is 2.63. The molecule has 0 aliphatic carbocycles. The Morgan fingerprint density at radius 3 is 2.45 bits per heavy atom. The van der Waals surface area contributed by atoms with Gasteiger partial charge in [-0.05, 0) is 38.1 Å². The van der Waals surface area contributed by atoms with Crippen LogP contribution in [0.2, 0.25) is 0 Å². The average Bonchev–Trinajstić information content (AvgIpc) is 2.71. The number of aliphatic carboxylic acids is 1. The van der Waals surface area contributed by atoms with Gasteiger partial charge in [0, 0.05) is 41.5 Å². The molecular formula is C21H21N3O5. The number of amides is 1. The number of carbonyl (C=O) groups is 2. The Hall–Kier alpha value is -3.68. The number of carbonyl (C=O) groups excluding carboxylic acids is 1. The number of methoxy groups -OCH3 is 1. The molecule has 0 aliphatic heterocycles. The number of benzene rings is 1. The number of fused-ring (bicyclic) bond motifs is 1. The molecule has 2 heterocycles. The van der Waals surface area contributed by atoms with Gasteiger partial charge in [-0.2, -0.15) is 0 Å². The van der Waals surface area contributed by atoms with Crippen LogP contribution in [-0.4, -0.2) is 45.7 Å². The normalized spacial score (nSPS) is 11.3. The molecule has 0 spiro atoms. The quantitative estimate of drug-likeness (QED) is 0.587. The first kappa shape index (κ1) is 20.1. The van der Waals surface area contributed by atoms with Gasteiger partial charge >= 0.3 is 5.97 Å². The lowest BCUT2D eigenvalue weighted by atomic mass is 9.94. The third-order valence-corrected chi connectivity index (χ3v) is 4.58.